The molecule has 3 amide bonds. The van der Waals surface area contributed by atoms with Crippen LogP contribution in [-0.4, -0.2) is 106 Å². The van der Waals surface area contributed by atoms with Gasteiger partial charge in [0.2, 0.25) is 0 Å². The smallest absolute Gasteiger partial charge is 0.407 e. The van der Waals surface area contributed by atoms with Crippen LogP contribution in [-0.2, 0) is 30.7 Å². The quantitative estimate of drug-likeness (QED) is 0.260. The number of carbonyl (C=O) groups excluding carboxylic acids is 2. The number of ether oxygens (including phenoxy) is 1. The second-order valence-electron chi connectivity index (χ2n) is 13.5. The molecular weight excluding hydrogens is 639 g/mol. The number of thiazole rings is 1. The van der Waals surface area contributed by atoms with Crippen molar-refractivity contribution in [1.82, 2.24) is 24.6 Å². The predicted octanol–water partition coefficient (Wildman–Crippen LogP) is 6.10. The molecule has 1 aromatic heterocycles. The molecule has 262 valence electrons. The maximum atomic E-state index is 15.0. The third-order valence-corrected chi connectivity index (χ3v) is 11.1. The van der Waals surface area contributed by atoms with Crippen LogP contribution in [0.25, 0.3) is 11.3 Å². The Labute approximate surface area is 293 Å². The van der Waals surface area contributed by atoms with Crippen LogP contribution in [0.1, 0.15) is 86.8 Å². The molecule has 3 aliphatic rings. The second-order valence-corrected chi connectivity index (χ2v) is 14.7. The van der Waals surface area contributed by atoms with Crippen molar-refractivity contribution in [1.29, 1.82) is 0 Å². The number of amides is 3. The largest absolute Gasteiger partial charge is 0.465 e. The van der Waals surface area contributed by atoms with E-state index in [1.165, 1.54) is 21.8 Å². The lowest BCUT2D eigenvalue weighted by Crippen LogP contribution is -2.52. The van der Waals surface area contributed by atoms with E-state index < -0.39 is 6.09 Å². The van der Waals surface area contributed by atoms with Crippen molar-refractivity contribution in [3.05, 3.63) is 74.1 Å². The SMILES string of the molecule is CCCCN(CCCC)C(=O)c1nc(-c2cc3c(cc2C(=O)N2Cc4ccccc4C[C@H]2CN2CCOCC2)CN(C(=O)O)CC3)c(C)s1. The molecule has 6 rings (SSSR count). The highest BCUT2D eigenvalue weighted by molar-refractivity contribution is 7.14. The molecule has 2 aromatic carbocycles. The van der Waals surface area contributed by atoms with E-state index in [-0.39, 0.29) is 24.4 Å². The Morgan fingerprint density at radius 3 is 2.37 bits per heavy atom. The average molecular weight is 688 g/mol. The lowest BCUT2D eigenvalue weighted by Gasteiger charge is -2.41. The minimum atomic E-state index is -0.963. The lowest BCUT2D eigenvalue weighted by molar-refractivity contribution is 0.0193. The highest BCUT2D eigenvalue weighted by atomic mass is 32.1. The number of hydrogen-bond acceptors (Lipinski definition) is 7. The monoisotopic (exact) mass is 687 g/mol. The number of benzene rings is 2. The second kappa shape index (κ2) is 15.8. The Kier molecular flexibility index (Phi) is 11.3. The van der Waals surface area contributed by atoms with Crippen LogP contribution < -0.4 is 0 Å². The van der Waals surface area contributed by atoms with Crippen molar-refractivity contribution in [2.75, 3.05) is 52.5 Å². The van der Waals surface area contributed by atoms with Gasteiger partial charge in [0, 0.05) is 74.4 Å². The maximum Gasteiger partial charge on any atom is 0.407 e. The first-order chi connectivity index (χ1) is 23.8. The minimum Gasteiger partial charge on any atom is -0.465 e. The van der Waals surface area contributed by atoms with Crippen molar-refractivity contribution < 1.29 is 24.2 Å². The molecule has 3 aliphatic heterocycles. The fraction of sp³-hybridized carbons (Fsp3) is 0.526. The number of aromatic nitrogens is 1. The van der Waals surface area contributed by atoms with Crippen LogP contribution in [0.5, 0.6) is 0 Å². The van der Waals surface area contributed by atoms with Gasteiger partial charge in [-0.25, -0.2) is 9.78 Å². The van der Waals surface area contributed by atoms with Gasteiger partial charge in [0.05, 0.1) is 18.9 Å². The Bertz CT molecular complexity index is 1660. The first kappa shape index (κ1) is 35.0. The van der Waals surface area contributed by atoms with Crippen molar-refractivity contribution >= 4 is 29.2 Å². The molecule has 0 saturated carbocycles. The van der Waals surface area contributed by atoms with E-state index >= 15 is 4.79 Å². The summed E-state index contributed by atoms with van der Waals surface area (Å²) in [4.78, 5) is 54.4. The molecule has 0 aliphatic carbocycles. The Balaban J connectivity index is 1.40. The maximum absolute atomic E-state index is 15.0. The summed E-state index contributed by atoms with van der Waals surface area (Å²) in [6.45, 7) is 12.5. The van der Waals surface area contributed by atoms with Gasteiger partial charge in [-0.1, -0.05) is 51.0 Å². The van der Waals surface area contributed by atoms with Gasteiger partial charge < -0.3 is 24.5 Å². The van der Waals surface area contributed by atoms with E-state index in [2.05, 4.69) is 36.9 Å². The summed E-state index contributed by atoms with van der Waals surface area (Å²) >= 11 is 1.39. The Morgan fingerprint density at radius 2 is 1.67 bits per heavy atom. The van der Waals surface area contributed by atoms with Crippen LogP contribution in [0.3, 0.4) is 0 Å². The number of morpholine rings is 1. The molecule has 1 atom stereocenters. The molecule has 1 fully saturated rings. The fourth-order valence-corrected chi connectivity index (χ4v) is 8.15. The number of rotatable bonds is 11. The van der Waals surface area contributed by atoms with Gasteiger partial charge in [0.15, 0.2) is 5.01 Å². The molecule has 4 heterocycles. The minimum absolute atomic E-state index is 0.0424. The third-order valence-electron chi connectivity index (χ3n) is 10.1. The van der Waals surface area contributed by atoms with Crippen molar-refractivity contribution in [2.45, 2.75) is 78.4 Å². The zero-order chi connectivity index (χ0) is 34.5. The van der Waals surface area contributed by atoms with Crippen LogP contribution in [0.4, 0.5) is 4.79 Å². The van der Waals surface area contributed by atoms with Gasteiger partial charge in [-0.15, -0.1) is 11.3 Å². The van der Waals surface area contributed by atoms with Gasteiger partial charge in [-0.05, 0) is 67.0 Å². The molecule has 0 unspecified atom stereocenters. The van der Waals surface area contributed by atoms with Crippen molar-refractivity contribution in [3.63, 3.8) is 0 Å². The predicted molar refractivity (Wildman–Crippen MR) is 191 cm³/mol. The van der Waals surface area contributed by atoms with Gasteiger partial charge in [-0.3, -0.25) is 14.5 Å². The molecule has 3 aromatic rings. The number of fused-ring (bicyclic) bond motifs is 2. The molecule has 49 heavy (non-hydrogen) atoms. The number of unbranched alkanes of at least 4 members (excludes halogenated alkanes) is 2. The highest BCUT2D eigenvalue weighted by Crippen LogP contribution is 2.36. The summed E-state index contributed by atoms with van der Waals surface area (Å²) in [7, 11) is 0. The van der Waals surface area contributed by atoms with E-state index in [4.69, 9.17) is 9.72 Å². The Morgan fingerprint density at radius 1 is 0.959 bits per heavy atom. The highest BCUT2D eigenvalue weighted by Gasteiger charge is 2.35. The van der Waals surface area contributed by atoms with E-state index in [1.54, 1.807) is 0 Å². The number of hydrogen-bond donors (Lipinski definition) is 1. The molecule has 11 heteroatoms. The summed E-state index contributed by atoms with van der Waals surface area (Å²) in [6.07, 6.45) is 4.23. The number of nitrogens with zero attached hydrogens (tertiary/aromatic N) is 5. The molecule has 10 nitrogen and oxygen atoms in total. The van der Waals surface area contributed by atoms with Gasteiger partial charge in [-0.2, -0.15) is 0 Å². The van der Waals surface area contributed by atoms with Crippen molar-refractivity contribution in [3.8, 4) is 11.3 Å². The average Bonchev–Trinajstić information content (AvgIpc) is 3.51. The number of aryl methyl sites for hydroxylation is 1. The standard InChI is InChI=1S/C38H49N5O5S/c1-4-6-13-41(14-7-5-2)37(45)35-39-34(26(3)49-35)32-21-28-12-15-42(38(46)47)23-30(28)22-33(32)36(44)43-24-29-11-9-8-10-27(29)20-31(43)25-40-16-18-48-19-17-40/h8-11,21-22,31H,4-7,12-20,23-25H2,1-3H3,(H,46,47)/t31-/m0/s1. The first-order valence-corrected chi connectivity index (χ1v) is 18.7. The van der Waals surface area contributed by atoms with Crippen LogP contribution >= 0.6 is 11.3 Å². The lowest BCUT2D eigenvalue weighted by atomic mass is 9.89. The molecule has 1 N–H and O–H groups in total. The summed E-state index contributed by atoms with van der Waals surface area (Å²) in [5.74, 6) is -0.145. The van der Waals surface area contributed by atoms with Gasteiger partial charge in [0.1, 0.15) is 0 Å². The summed E-state index contributed by atoms with van der Waals surface area (Å²) in [6, 6.07) is 12.3. The molecular formula is C38H49N5O5S. The zero-order valence-corrected chi connectivity index (χ0v) is 29.9. The van der Waals surface area contributed by atoms with Gasteiger partial charge in [0.25, 0.3) is 11.8 Å². The topological polar surface area (TPSA) is 107 Å². The zero-order valence-electron chi connectivity index (χ0n) is 29.1. The molecule has 0 spiro atoms. The summed E-state index contributed by atoms with van der Waals surface area (Å²) in [5, 5.41) is 10.2. The first-order valence-electron chi connectivity index (χ1n) is 17.9. The Hall–Kier alpha value is -3.80. The summed E-state index contributed by atoms with van der Waals surface area (Å²) < 4.78 is 5.61. The third kappa shape index (κ3) is 7.84. The normalized spacial score (nSPS) is 17.8. The van der Waals surface area contributed by atoms with E-state index in [0.717, 1.165) is 78.9 Å². The van der Waals surface area contributed by atoms with Crippen LogP contribution in [0.2, 0.25) is 0 Å². The van der Waals surface area contributed by atoms with Crippen LogP contribution in [0, 0.1) is 6.92 Å². The molecule has 1 saturated heterocycles. The van der Waals surface area contributed by atoms with E-state index in [0.29, 0.717) is 62.1 Å². The van der Waals surface area contributed by atoms with Gasteiger partial charge >= 0.3 is 6.09 Å². The van der Waals surface area contributed by atoms with E-state index in [9.17, 15) is 14.7 Å². The van der Waals surface area contributed by atoms with Crippen LogP contribution in [0.15, 0.2) is 36.4 Å². The molecule has 0 bridgehead atoms. The summed E-state index contributed by atoms with van der Waals surface area (Å²) in [5.41, 5.74) is 6.16. The molecule has 0 radical (unpaired) electrons. The fourth-order valence-electron chi connectivity index (χ4n) is 7.26. The number of carbonyl (C=O) groups is 3. The number of carboxylic acid groups (broad SMARTS) is 1. The van der Waals surface area contributed by atoms with E-state index in [1.807, 2.05) is 34.9 Å². The van der Waals surface area contributed by atoms with Crippen molar-refractivity contribution in [2.24, 2.45) is 0 Å².